The standard InChI is InChI=1S/C15H13Cl2FN2O/c1-9-2-3-10(16)6-14(9)19-8-15(21)20-13-5-4-11(18)7-12(13)17/h2-7,19H,8H2,1H3,(H,20,21). The van der Waals surface area contributed by atoms with Gasteiger partial charge in [-0.05, 0) is 42.8 Å². The quantitative estimate of drug-likeness (QED) is 0.869. The summed E-state index contributed by atoms with van der Waals surface area (Å²) in [5.41, 5.74) is 2.13. The summed E-state index contributed by atoms with van der Waals surface area (Å²) in [7, 11) is 0. The lowest BCUT2D eigenvalue weighted by Crippen LogP contribution is -2.22. The van der Waals surface area contributed by atoms with Crippen LogP contribution in [0.25, 0.3) is 0 Å². The number of hydrogen-bond donors (Lipinski definition) is 2. The van der Waals surface area contributed by atoms with E-state index in [1.165, 1.54) is 12.1 Å². The Labute approximate surface area is 132 Å². The fourth-order valence-electron chi connectivity index (χ4n) is 1.75. The molecule has 0 bridgehead atoms. The number of halogens is 3. The number of nitrogens with one attached hydrogen (secondary N) is 2. The first-order valence-electron chi connectivity index (χ1n) is 6.20. The summed E-state index contributed by atoms with van der Waals surface area (Å²) in [6, 6.07) is 9.18. The van der Waals surface area contributed by atoms with Crippen molar-refractivity contribution in [2.75, 3.05) is 17.2 Å². The van der Waals surface area contributed by atoms with E-state index >= 15 is 0 Å². The molecule has 110 valence electrons. The number of carbonyl (C=O) groups excluding carboxylic acids is 1. The highest BCUT2D eigenvalue weighted by Crippen LogP contribution is 2.23. The third-order valence-corrected chi connectivity index (χ3v) is 3.39. The Hall–Kier alpha value is -1.78. The first kappa shape index (κ1) is 15.6. The van der Waals surface area contributed by atoms with Gasteiger partial charge in [-0.15, -0.1) is 0 Å². The van der Waals surface area contributed by atoms with E-state index in [4.69, 9.17) is 23.2 Å². The van der Waals surface area contributed by atoms with Crippen LogP contribution in [0.15, 0.2) is 36.4 Å². The van der Waals surface area contributed by atoms with Crippen LogP contribution in [0.4, 0.5) is 15.8 Å². The highest BCUT2D eigenvalue weighted by atomic mass is 35.5. The van der Waals surface area contributed by atoms with E-state index < -0.39 is 5.82 Å². The second-order valence-electron chi connectivity index (χ2n) is 4.49. The average Bonchev–Trinajstić information content (AvgIpc) is 2.43. The Morgan fingerprint density at radius 1 is 1.14 bits per heavy atom. The predicted octanol–water partition coefficient (Wildman–Crippen LogP) is 4.49. The molecule has 2 N–H and O–H groups in total. The van der Waals surface area contributed by atoms with Gasteiger partial charge in [0, 0.05) is 10.7 Å². The van der Waals surface area contributed by atoms with Crippen LogP contribution in [0.1, 0.15) is 5.56 Å². The highest BCUT2D eigenvalue weighted by Gasteiger charge is 2.07. The van der Waals surface area contributed by atoms with Gasteiger partial charge in [0.05, 0.1) is 17.3 Å². The van der Waals surface area contributed by atoms with Crippen molar-refractivity contribution in [1.82, 2.24) is 0 Å². The van der Waals surface area contributed by atoms with Gasteiger partial charge in [-0.3, -0.25) is 4.79 Å². The van der Waals surface area contributed by atoms with Crippen LogP contribution in [0, 0.1) is 12.7 Å². The van der Waals surface area contributed by atoms with Crippen molar-refractivity contribution in [3.63, 3.8) is 0 Å². The van der Waals surface area contributed by atoms with Gasteiger partial charge in [-0.2, -0.15) is 0 Å². The molecule has 2 rings (SSSR count). The minimum Gasteiger partial charge on any atom is -0.376 e. The maximum atomic E-state index is 12.9. The van der Waals surface area contributed by atoms with E-state index in [-0.39, 0.29) is 17.5 Å². The molecule has 0 unspecified atom stereocenters. The lowest BCUT2D eigenvalue weighted by molar-refractivity contribution is -0.114. The number of rotatable bonds is 4. The van der Waals surface area contributed by atoms with Gasteiger partial charge in [0.2, 0.25) is 5.91 Å². The zero-order chi connectivity index (χ0) is 15.4. The van der Waals surface area contributed by atoms with Gasteiger partial charge in [0.15, 0.2) is 0 Å². The van der Waals surface area contributed by atoms with Crippen molar-refractivity contribution in [1.29, 1.82) is 0 Å². The second kappa shape index (κ2) is 6.78. The average molecular weight is 327 g/mol. The molecule has 2 aromatic carbocycles. The van der Waals surface area contributed by atoms with Gasteiger partial charge < -0.3 is 10.6 Å². The third kappa shape index (κ3) is 4.34. The molecule has 0 fully saturated rings. The zero-order valence-corrected chi connectivity index (χ0v) is 12.7. The van der Waals surface area contributed by atoms with Gasteiger partial charge in [-0.25, -0.2) is 4.39 Å². The van der Waals surface area contributed by atoms with Gasteiger partial charge in [0.25, 0.3) is 0 Å². The Morgan fingerprint density at radius 3 is 2.62 bits per heavy atom. The largest absolute Gasteiger partial charge is 0.376 e. The fourth-order valence-corrected chi connectivity index (χ4v) is 2.13. The maximum absolute atomic E-state index is 12.9. The van der Waals surface area contributed by atoms with E-state index in [9.17, 15) is 9.18 Å². The number of hydrogen-bond acceptors (Lipinski definition) is 2. The Morgan fingerprint density at radius 2 is 1.90 bits per heavy atom. The van der Waals surface area contributed by atoms with E-state index in [1.807, 2.05) is 13.0 Å². The van der Waals surface area contributed by atoms with E-state index in [2.05, 4.69) is 10.6 Å². The molecule has 0 radical (unpaired) electrons. The summed E-state index contributed by atoms with van der Waals surface area (Å²) < 4.78 is 12.9. The van der Waals surface area contributed by atoms with E-state index in [0.717, 1.165) is 17.3 Å². The van der Waals surface area contributed by atoms with Gasteiger partial charge in [-0.1, -0.05) is 29.3 Å². The van der Waals surface area contributed by atoms with E-state index in [0.29, 0.717) is 10.7 Å². The molecule has 1 amide bonds. The van der Waals surface area contributed by atoms with Crippen molar-refractivity contribution >= 4 is 40.5 Å². The number of benzene rings is 2. The highest BCUT2D eigenvalue weighted by molar-refractivity contribution is 6.33. The zero-order valence-electron chi connectivity index (χ0n) is 11.2. The summed E-state index contributed by atoms with van der Waals surface area (Å²) in [6.45, 7) is 1.96. The molecule has 0 heterocycles. The molecule has 0 spiro atoms. The first-order valence-corrected chi connectivity index (χ1v) is 6.96. The fraction of sp³-hybridized carbons (Fsp3) is 0.133. The van der Waals surface area contributed by atoms with Crippen LogP contribution in [-0.2, 0) is 4.79 Å². The molecule has 6 heteroatoms. The molecule has 0 aliphatic heterocycles. The Bertz CT molecular complexity index is 677. The Kier molecular flexibility index (Phi) is 5.04. The van der Waals surface area contributed by atoms with Crippen molar-refractivity contribution in [3.05, 3.63) is 57.8 Å². The lowest BCUT2D eigenvalue weighted by atomic mass is 10.2. The summed E-state index contributed by atoms with van der Waals surface area (Å²) in [5.74, 6) is -0.742. The molecule has 0 saturated carbocycles. The minimum atomic E-state index is -0.453. The molecule has 21 heavy (non-hydrogen) atoms. The summed E-state index contributed by atoms with van der Waals surface area (Å²) >= 11 is 11.7. The number of aryl methyl sites for hydroxylation is 1. The van der Waals surface area contributed by atoms with E-state index in [1.54, 1.807) is 12.1 Å². The summed E-state index contributed by atoms with van der Waals surface area (Å²) in [6.07, 6.45) is 0. The molecule has 0 saturated heterocycles. The maximum Gasteiger partial charge on any atom is 0.243 e. The molecule has 2 aromatic rings. The second-order valence-corrected chi connectivity index (χ2v) is 5.33. The van der Waals surface area contributed by atoms with Crippen LogP contribution in [-0.4, -0.2) is 12.5 Å². The molecular weight excluding hydrogens is 314 g/mol. The monoisotopic (exact) mass is 326 g/mol. The number of carbonyl (C=O) groups is 1. The third-order valence-electron chi connectivity index (χ3n) is 2.84. The normalized spacial score (nSPS) is 10.3. The first-order chi connectivity index (χ1) is 9.95. The summed E-state index contributed by atoms with van der Waals surface area (Å²) in [5, 5.41) is 6.34. The van der Waals surface area contributed by atoms with Crippen molar-refractivity contribution in [3.8, 4) is 0 Å². The van der Waals surface area contributed by atoms with Crippen LogP contribution < -0.4 is 10.6 Å². The van der Waals surface area contributed by atoms with Crippen molar-refractivity contribution in [2.45, 2.75) is 6.92 Å². The Balaban J connectivity index is 1.97. The molecule has 0 aromatic heterocycles. The van der Waals surface area contributed by atoms with Gasteiger partial charge >= 0.3 is 0 Å². The lowest BCUT2D eigenvalue weighted by Gasteiger charge is -2.11. The smallest absolute Gasteiger partial charge is 0.243 e. The van der Waals surface area contributed by atoms with Crippen molar-refractivity contribution in [2.24, 2.45) is 0 Å². The molecule has 0 aliphatic carbocycles. The SMILES string of the molecule is Cc1ccc(Cl)cc1NCC(=O)Nc1ccc(F)cc1Cl. The molecule has 0 aliphatic rings. The van der Waals surface area contributed by atoms with Crippen LogP contribution >= 0.6 is 23.2 Å². The van der Waals surface area contributed by atoms with Crippen LogP contribution in [0.2, 0.25) is 10.0 Å². The number of anilines is 2. The van der Waals surface area contributed by atoms with Crippen LogP contribution in [0.5, 0.6) is 0 Å². The predicted molar refractivity (Wildman–Crippen MR) is 84.7 cm³/mol. The molecule has 3 nitrogen and oxygen atoms in total. The number of amides is 1. The minimum absolute atomic E-state index is 0.0505. The summed E-state index contributed by atoms with van der Waals surface area (Å²) in [4.78, 5) is 11.9. The molecule has 0 atom stereocenters. The molecular formula is C15H13Cl2FN2O. The topological polar surface area (TPSA) is 41.1 Å². The van der Waals surface area contributed by atoms with Gasteiger partial charge in [0.1, 0.15) is 5.82 Å². The van der Waals surface area contributed by atoms with Crippen molar-refractivity contribution < 1.29 is 9.18 Å². The van der Waals surface area contributed by atoms with Crippen LogP contribution in [0.3, 0.4) is 0 Å².